The van der Waals surface area contributed by atoms with Crippen molar-refractivity contribution in [1.82, 2.24) is 4.90 Å². The molecule has 2 aliphatic rings. The van der Waals surface area contributed by atoms with E-state index >= 15 is 0 Å². The highest BCUT2D eigenvalue weighted by Crippen LogP contribution is 2.36. The first-order valence-electron chi connectivity index (χ1n) is 11.2. The Kier molecular flexibility index (Phi) is 6.21. The summed E-state index contributed by atoms with van der Waals surface area (Å²) in [4.78, 5) is 30.3. The van der Waals surface area contributed by atoms with Gasteiger partial charge in [-0.3, -0.25) is 9.59 Å². The first-order chi connectivity index (χ1) is 15.0. The van der Waals surface area contributed by atoms with Gasteiger partial charge in [-0.25, -0.2) is 9.29 Å². The minimum absolute atomic E-state index is 0.291. The molecule has 2 aromatic rings. The van der Waals surface area contributed by atoms with Crippen molar-refractivity contribution in [2.75, 3.05) is 18.0 Å². The Bertz CT molecular complexity index is 987. The van der Waals surface area contributed by atoms with E-state index in [1.807, 2.05) is 29.2 Å². The van der Waals surface area contributed by atoms with Crippen molar-refractivity contribution in [2.24, 2.45) is 5.92 Å². The van der Waals surface area contributed by atoms with Gasteiger partial charge < -0.3 is 4.90 Å². The number of rotatable bonds is 6. The van der Waals surface area contributed by atoms with Gasteiger partial charge in [0.05, 0.1) is 11.3 Å². The summed E-state index contributed by atoms with van der Waals surface area (Å²) in [6.45, 7) is 5.84. The van der Waals surface area contributed by atoms with Crippen LogP contribution in [-0.4, -0.2) is 29.8 Å². The predicted octanol–water partition coefficient (Wildman–Crippen LogP) is 5.18. The van der Waals surface area contributed by atoms with Crippen LogP contribution in [0.1, 0.15) is 50.7 Å². The number of anilines is 1. The highest BCUT2D eigenvalue weighted by molar-refractivity contribution is 6.45. The van der Waals surface area contributed by atoms with E-state index < -0.39 is 0 Å². The Hall–Kier alpha value is -2.95. The number of nitrogens with zero attached hydrogens (tertiary/aromatic N) is 2. The molecule has 0 bridgehead atoms. The Morgan fingerprint density at radius 2 is 1.58 bits per heavy atom. The van der Waals surface area contributed by atoms with Gasteiger partial charge in [-0.05, 0) is 67.0 Å². The summed E-state index contributed by atoms with van der Waals surface area (Å²) < 4.78 is 13.5. The fourth-order valence-electron chi connectivity index (χ4n) is 4.35. The number of benzene rings is 2. The fourth-order valence-corrected chi connectivity index (χ4v) is 4.35. The minimum atomic E-state index is -0.367. The van der Waals surface area contributed by atoms with E-state index in [-0.39, 0.29) is 17.6 Å². The smallest absolute Gasteiger partial charge is 0.282 e. The molecule has 31 heavy (non-hydrogen) atoms. The number of carbonyl (C=O) groups excluding carboxylic acids is 2. The van der Waals surface area contributed by atoms with Crippen LogP contribution in [0.25, 0.3) is 5.57 Å². The highest BCUT2D eigenvalue weighted by atomic mass is 19.1. The summed E-state index contributed by atoms with van der Waals surface area (Å²) in [6.07, 6.45) is 5.17. The Morgan fingerprint density at radius 3 is 2.19 bits per heavy atom. The van der Waals surface area contributed by atoms with E-state index in [1.54, 1.807) is 12.1 Å². The summed E-state index contributed by atoms with van der Waals surface area (Å²) in [6, 6.07) is 13.5. The van der Waals surface area contributed by atoms with E-state index in [1.165, 1.54) is 22.6 Å². The number of imide groups is 1. The molecule has 4 rings (SSSR count). The molecule has 0 saturated carbocycles. The van der Waals surface area contributed by atoms with Crippen LogP contribution in [0, 0.1) is 11.7 Å². The van der Waals surface area contributed by atoms with Crippen LogP contribution < -0.4 is 4.90 Å². The second-order valence-corrected chi connectivity index (χ2v) is 8.62. The van der Waals surface area contributed by atoms with Gasteiger partial charge in [0, 0.05) is 13.1 Å². The number of hydrogen-bond donors (Lipinski definition) is 0. The summed E-state index contributed by atoms with van der Waals surface area (Å²) in [5, 5.41) is 0. The van der Waals surface area contributed by atoms with Gasteiger partial charge in [0.25, 0.3) is 11.8 Å². The van der Waals surface area contributed by atoms with Gasteiger partial charge in [0.15, 0.2) is 0 Å². The number of unbranched alkanes of at least 4 members (excludes halogenated alkanes) is 1. The third-order valence-electron chi connectivity index (χ3n) is 6.31. The molecule has 0 radical (unpaired) electrons. The van der Waals surface area contributed by atoms with Gasteiger partial charge in [0.1, 0.15) is 11.5 Å². The Balaban J connectivity index is 1.70. The molecule has 1 saturated heterocycles. The van der Waals surface area contributed by atoms with E-state index in [2.05, 4.69) is 13.8 Å². The summed E-state index contributed by atoms with van der Waals surface area (Å²) in [5.74, 6) is -0.397. The molecule has 1 fully saturated rings. The van der Waals surface area contributed by atoms with Gasteiger partial charge in [0.2, 0.25) is 0 Å². The van der Waals surface area contributed by atoms with Crippen molar-refractivity contribution in [3.63, 3.8) is 0 Å². The van der Waals surface area contributed by atoms with Crippen LogP contribution in [-0.2, 0) is 16.0 Å². The number of likely N-dealkylation sites (tertiary alicyclic amines) is 1. The number of hydrogen-bond acceptors (Lipinski definition) is 3. The molecular weight excluding hydrogens is 391 g/mol. The van der Waals surface area contributed by atoms with Crippen LogP contribution in [0.2, 0.25) is 0 Å². The minimum Gasteiger partial charge on any atom is -0.366 e. The first-order valence-corrected chi connectivity index (χ1v) is 11.2. The monoisotopic (exact) mass is 420 g/mol. The second-order valence-electron chi connectivity index (χ2n) is 8.62. The lowest BCUT2D eigenvalue weighted by atomic mass is 9.97. The Morgan fingerprint density at radius 1 is 0.935 bits per heavy atom. The molecule has 0 atom stereocenters. The highest BCUT2D eigenvalue weighted by Gasteiger charge is 2.42. The molecule has 0 N–H and O–H groups in total. The third kappa shape index (κ3) is 4.27. The molecule has 4 nitrogen and oxygen atoms in total. The third-order valence-corrected chi connectivity index (χ3v) is 6.31. The van der Waals surface area contributed by atoms with Crippen molar-refractivity contribution in [3.8, 4) is 0 Å². The molecule has 0 spiro atoms. The molecule has 0 aromatic heterocycles. The number of halogens is 1. The van der Waals surface area contributed by atoms with Crippen LogP contribution in [0.5, 0.6) is 0 Å². The topological polar surface area (TPSA) is 40.6 Å². The Labute approximate surface area is 183 Å². The summed E-state index contributed by atoms with van der Waals surface area (Å²) >= 11 is 0. The maximum absolute atomic E-state index is 13.5. The standard InChI is InChI=1S/C26H29FN2O2/c1-3-4-5-19-6-12-22(13-7-19)29-25(30)23(20-8-10-21(27)11-9-20)24(26(29)31)28-16-14-18(2)15-17-28/h6-13,18H,3-5,14-17H2,1-2H3. The fraction of sp³-hybridized carbons (Fsp3) is 0.385. The molecule has 2 aliphatic heterocycles. The van der Waals surface area contributed by atoms with E-state index in [0.29, 0.717) is 28.4 Å². The molecular formula is C26H29FN2O2. The summed E-state index contributed by atoms with van der Waals surface area (Å²) in [5.41, 5.74) is 3.17. The quantitative estimate of drug-likeness (QED) is 0.604. The molecule has 2 amide bonds. The zero-order chi connectivity index (χ0) is 22.0. The van der Waals surface area contributed by atoms with Gasteiger partial charge in [-0.15, -0.1) is 0 Å². The molecule has 5 heteroatoms. The zero-order valence-corrected chi connectivity index (χ0v) is 18.2. The molecule has 0 unspecified atom stereocenters. The van der Waals surface area contributed by atoms with Crippen LogP contribution in [0.15, 0.2) is 54.2 Å². The average molecular weight is 421 g/mol. The van der Waals surface area contributed by atoms with Gasteiger partial charge in [-0.1, -0.05) is 44.5 Å². The van der Waals surface area contributed by atoms with Crippen molar-refractivity contribution < 1.29 is 14.0 Å². The largest absolute Gasteiger partial charge is 0.366 e. The van der Waals surface area contributed by atoms with Crippen LogP contribution in [0.3, 0.4) is 0 Å². The first kappa shape index (κ1) is 21.3. The zero-order valence-electron chi connectivity index (χ0n) is 18.2. The van der Waals surface area contributed by atoms with Gasteiger partial charge >= 0.3 is 0 Å². The van der Waals surface area contributed by atoms with E-state index in [0.717, 1.165) is 45.2 Å². The van der Waals surface area contributed by atoms with Crippen LogP contribution in [0.4, 0.5) is 10.1 Å². The lowest BCUT2D eigenvalue weighted by Gasteiger charge is -2.32. The molecule has 162 valence electrons. The maximum atomic E-state index is 13.5. The number of piperidine rings is 1. The van der Waals surface area contributed by atoms with Crippen molar-refractivity contribution >= 4 is 23.1 Å². The van der Waals surface area contributed by atoms with E-state index in [4.69, 9.17) is 0 Å². The van der Waals surface area contributed by atoms with Crippen molar-refractivity contribution in [3.05, 3.63) is 71.2 Å². The van der Waals surface area contributed by atoms with E-state index in [9.17, 15) is 14.0 Å². The average Bonchev–Trinajstić information content (AvgIpc) is 3.04. The predicted molar refractivity (Wildman–Crippen MR) is 121 cm³/mol. The molecule has 0 aliphatic carbocycles. The van der Waals surface area contributed by atoms with Crippen molar-refractivity contribution in [2.45, 2.75) is 46.0 Å². The lowest BCUT2D eigenvalue weighted by Crippen LogP contribution is -2.38. The summed E-state index contributed by atoms with van der Waals surface area (Å²) in [7, 11) is 0. The number of carbonyl (C=O) groups is 2. The number of amides is 2. The second kappa shape index (κ2) is 9.04. The normalized spacial score (nSPS) is 17.8. The lowest BCUT2D eigenvalue weighted by molar-refractivity contribution is -0.120. The molecule has 2 heterocycles. The maximum Gasteiger partial charge on any atom is 0.282 e. The molecule has 2 aromatic carbocycles. The SMILES string of the molecule is CCCCc1ccc(N2C(=O)C(c3ccc(F)cc3)=C(N3CCC(C)CC3)C2=O)cc1. The van der Waals surface area contributed by atoms with Crippen molar-refractivity contribution in [1.29, 1.82) is 0 Å². The number of aryl methyl sites for hydroxylation is 1. The van der Waals surface area contributed by atoms with Crippen LogP contribution >= 0.6 is 0 Å². The van der Waals surface area contributed by atoms with Gasteiger partial charge in [-0.2, -0.15) is 0 Å².